The van der Waals surface area contributed by atoms with Gasteiger partial charge in [-0.3, -0.25) is 0 Å². The molecule has 0 heterocycles. The van der Waals surface area contributed by atoms with Gasteiger partial charge in [0, 0.05) is 17.9 Å². The molecule has 3 rings (SSSR count). The molecule has 1 aliphatic rings. The van der Waals surface area contributed by atoms with Crippen LogP contribution in [0.1, 0.15) is 23.5 Å². The van der Waals surface area contributed by atoms with Crippen LogP contribution in [0.3, 0.4) is 0 Å². The van der Waals surface area contributed by atoms with Crippen molar-refractivity contribution in [1.82, 2.24) is 0 Å². The summed E-state index contributed by atoms with van der Waals surface area (Å²) in [6.07, 6.45) is 1.19. The molecular formula is C15H15BF4S. The summed E-state index contributed by atoms with van der Waals surface area (Å²) in [5.41, 5.74) is 2.82. The van der Waals surface area contributed by atoms with Crippen LogP contribution in [0.2, 0.25) is 0 Å². The third-order valence-electron chi connectivity index (χ3n) is 3.45. The van der Waals surface area contributed by atoms with Crippen molar-refractivity contribution in [1.29, 1.82) is 0 Å². The highest BCUT2D eigenvalue weighted by Gasteiger charge is 2.59. The molecule has 2 unspecified atom stereocenters. The molecule has 112 valence electrons. The highest BCUT2D eigenvalue weighted by atomic mass is 32.1. The minimum atomic E-state index is -6.00. The van der Waals surface area contributed by atoms with Gasteiger partial charge in [0.2, 0.25) is 0 Å². The quantitative estimate of drug-likeness (QED) is 0.438. The molecule has 1 aliphatic carbocycles. The van der Waals surface area contributed by atoms with Crippen LogP contribution in [0.15, 0.2) is 60.7 Å². The van der Waals surface area contributed by atoms with Gasteiger partial charge in [0.25, 0.3) is 0 Å². The maximum atomic E-state index is 9.75. The maximum absolute atomic E-state index is 9.75. The lowest BCUT2D eigenvalue weighted by atomic mass is 10.0. The summed E-state index contributed by atoms with van der Waals surface area (Å²) in [6, 6.07) is 21.4. The summed E-state index contributed by atoms with van der Waals surface area (Å²) in [4.78, 5) is 0. The molecule has 1 fully saturated rings. The second kappa shape index (κ2) is 6.14. The molecule has 2 aromatic carbocycles. The van der Waals surface area contributed by atoms with Gasteiger partial charge in [-0.1, -0.05) is 60.7 Å². The largest absolute Gasteiger partial charge is 0.673 e. The average Bonchev–Trinajstić information content (AvgIpc) is 3.13. The van der Waals surface area contributed by atoms with E-state index >= 15 is 0 Å². The standard InChI is InChI=1S/C15H14S.BF4/c16-15(13-9-5-2-6-10-13)11-14(15)12-7-3-1-4-8-12;2-1(3,4)5/h1-10,14,16H,11H2;/q;-1/p+1. The molecule has 0 bridgehead atoms. The fourth-order valence-corrected chi connectivity index (χ4v) is 2.94. The van der Waals surface area contributed by atoms with Crippen LogP contribution in [-0.4, -0.2) is 7.25 Å². The van der Waals surface area contributed by atoms with Crippen molar-refractivity contribution in [3.8, 4) is 0 Å². The highest BCUT2D eigenvalue weighted by Crippen LogP contribution is 2.59. The Morgan fingerprint density at radius 3 is 1.76 bits per heavy atom. The van der Waals surface area contributed by atoms with Gasteiger partial charge >= 0.3 is 7.25 Å². The van der Waals surface area contributed by atoms with Gasteiger partial charge in [0.1, 0.15) is 0 Å². The van der Waals surface area contributed by atoms with Crippen molar-refractivity contribution in [2.45, 2.75) is 17.1 Å². The van der Waals surface area contributed by atoms with Crippen molar-refractivity contribution < 1.29 is 17.3 Å². The second-order valence-electron chi connectivity index (χ2n) is 5.00. The molecule has 0 nitrogen and oxygen atoms in total. The van der Waals surface area contributed by atoms with Crippen molar-refractivity contribution in [3.63, 3.8) is 0 Å². The van der Waals surface area contributed by atoms with Crippen LogP contribution in [0.25, 0.3) is 0 Å². The third kappa shape index (κ3) is 4.53. The molecule has 0 spiro atoms. The van der Waals surface area contributed by atoms with Gasteiger partial charge in [-0.05, 0) is 18.2 Å². The van der Waals surface area contributed by atoms with E-state index in [4.69, 9.17) is 0 Å². The predicted molar refractivity (Wildman–Crippen MR) is 82.3 cm³/mol. The van der Waals surface area contributed by atoms with Crippen molar-refractivity contribution >= 4 is 19.9 Å². The lowest BCUT2D eigenvalue weighted by Crippen LogP contribution is -2.04. The summed E-state index contributed by atoms with van der Waals surface area (Å²) < 4.78 is 39.2. The fourth-order valence-electron chi connectivity index (χ4n) is 2.41. The minimum absolute atomic E-state index is 0.169. The van der Waals surface area contributed by atoms with E-state index in [9.17, 15) is 17.3 Å². The van der Waals surface area contributed by atoms with Crippen LogP contribution in [0, 0.1) is 0 Å². The smallest absolute Gasteiger partial charge is 0.418 e. The number of hydrogen-bond donors (Lipinski definition) is 0. The van der Waals surface area contributed by atoms with Crippen molar-refractivity contribution in [2.24, 2.45) is 0 Å². The fraction of sp³-hybridized carbons (Fsp3) is 0.200. The number of hydrogen-bond acceptors (Lipinski definition) is 0. The van der Waals surface area contributed by atoms with E-state index in [1.54, 1.807) is 0 Å². The first kappa shape index (κ1) is 16.0. The molecule has 2 atom stereocenters. The summed E-state index contributed by atoms with van der Waals surface area (Å²) >= 11 is 3.96. The van der Waals surface area contributed by atoms with E-state index in [2.05, 4.69) is 73.3 Å². The zero-order chi connectivity index (χ0) is 15.5. The summed E-state index contributed by atoms with van der Waals surface area (Å²) in [7, 11) is -6.00. The third-order valence-corrected chi connectivity index (χ3v) is 4.29. The molecule has 1 saturated carbocycles. The van der Waals surface area contributed by atoms with E-state index in [1.807, 2.05) is 0 Å². The van der Waals surface area contributed by atoms with E-state index < -0.39 is 7.25 Å². The molecule has 6 heteroatoms. The first-order valence-electron chi connectivity index (χ1n) is 6.53. The Kier molecular flexibility index (Phi) is 4.66. The van der Waals surface area contributed by atoms with Crippen LogP contribution in [0.4, 0.5) is 17.3 Å². The SMILES string of the molecule is F[B-](F)(F)F.[SH2+]C1(c2ccccc2)CC1c1ccccc1. The first-order valence-corrected chi connectivity index (χ1v) is 7.03. The van der Waals surface area contributed by atoms with Crippen LogP contribution >= 0.6 is 0 Å². The molecule has 0 radical (unpaired) electrons. The van der Waals surface area contributed by atoms with Crippen LogP contribution in [0.5, 0.6) is 0 Å². The average molecular weight is 314 g/mol. The van der Waals surface area contributed by atoms with E-state index in [0.29, 0.717) is 5.92 Å². The molecule has 2 aromatic rings. The first-order chi connectivity index (χ1) is 9.81. The molecular weight excluding hydrogens is 299 g/mol. The lowest BCUT2D eigenvalue weighted by Gasteiger charge is -2.05. The van der Waals surface area contributed by atoms with Crippen molar-refractivity contribution in [2.75, 3.05) is 0 Å². The van der Waals surface area contributed by atoms with Gasteiger partial charge in [-0.25, -0.2) is 0 Å². The Balaban J connectivity index is 0.000000282. The Morgan fingerprint density at radius 1 is 0.857 bits per heavy atom. The molecule has 0 aliphatic heterocycles. The molecule has 21 heavy (non-hydrogen) atoms. The van der Waals surface area contributed by atoms with Gasteiger partial charge < -0.3 is 17.3 Å². The van der Waals surface area contributed by atoms with Crippen LogP contribution in [-0.2, 0) is 17.4 Å². The second-order valence-corrected chi connectivity index (χ2v) is 5.89. The molecule has 0 N–H and O–H groups in total. The Bertz CT molecular complexity index is 567. The summed E-state index contributed by atoms with van der Waals surface area (Å²) in [5.74, 6) is 0.618. The van der Waals surface area contributed by atoms with Gasteiger partial charge in [-0.2, -0.15) is 0 Å². The van der Waals surface area contributed by atoms with Crippen LogP contribution < -0.4 is 0 Å². The lowest BCUT2D eigenvalue weighted by molar-refractivity contribution is 0.368. The molecule has 0 saturated heterocycles. The number of halogens is 4. The summed E-state index contributed by atoms with van der Waals surface area (Å²) in [5, 5.41) is 0. The van der Waals surface area contributed by atoms with Crippen molar-refractivity contribution in [3.05, 3.63) is 71.8 Å². The van der Waals surface area contributed by atoms with Gasteiger partial charge in [0.05, 0.1) is 0 Å². The Labute approximate surface area is 126 Å². The predicted octanol–water partition coefficient (Wildman–Crippen LogP) is 4.38. The van der Waals surface area contributed by atoms with Gasteiger partial charge in [0.15, 0.2) is 4.75 Å². The van der Waals surface area contributed by atoms with E-state index in [1.165, 1.54) is 17.5 Å². The zero-order valence-corrected chi connectivity index (χ0v) is 12.1. The van der Waals surface area contributed by atoms with E-state index in [-0.39, 0.29) is 4.75 Å². The highest BCUT2D eigenvalue weighted by molar-refractivity contribution is 7.60. The molecule has 0 amide bonds. The zero-order valence-electron chi connectivity index (χ0n) is 11.1. The number of rotatable bonds is 2. The minimum Gasteiger partial charge on any atom is -0.418 e. The molecule has 0 aromatic heterocycles. The topological polar surface area (TPSA) is 0 Å². The number of benzene rings is 2. The summed E-state index contributed by atoms with van der Waals surface area (Å²) in [6.45, 7) is 0. The maximum Gasteiger partial charge on any atom is 0.673 e. The monoisotopic (exact) mass is 314 g/mol. The van der Waals surface area contributed by atoms with Gasteiger partial charge in [-0.15, -0.1) is 0 Å². The van der Waals surface area contributed by atoms with E-state index in [0.717, 1.165) is 0 Å². The normalized spacial score (nSPS) is 24.0. The Hall–Kier alpha value is -1.43. The Morgan fingerprint density at radius 2 is 1.29 bits per heavy atom.